The van der Waals surface area contributed by atoms with E-state index in [2.05, 4.69) is 123 Å². The average molecular weight is 435 g/mol. The summed E-state index contributed by atoms with van der Waals surface area (Å²) in [5.74, 6) is 0. The highest BCUT2D eigenvalue weighted by atomic mass is 16.7. The molecular formula is C28H42BNO2. The Morgan fingerprint density at radius 1 is 0.656 bits per heavy atom. The third kappa shape index (κ3) is 5.40. The van der Waals surface area contributed by atoms with Gasteiger partial charge in [0.15, 0.2) is 0 Å². The van der Waals surface area contributed by atoms with Gasteiger partial charge in [-0.2, -0.15) is 0 Å². The predicted octanol–water partition coefficient (Wildman–Crippen LogP) is 7.51. The molecule has 1 heterocycles. The molecule has 3 nitrogen and oxygen atoms in total. The summed E-state index contributed by atoms with van der Waals surface area (Å²) in [6, 6.07) is 18.0. The van der Waals surface area contributed by atoms with Crippen molar-refractivity contribution in [3.05, 3.63) is 59.7 Å². The van der Waals surface area contributed by atoms with Crippen LogP contribution in [0.1, 0.15) is 80.4 Å². The standard InChI is InChI=1S/C28H42BNO2/c1-25(2,3)21-11-15-23(16-12-21)30(24-17-13-22(14-18-24)26(4,5)6)20-19-29-31-27(7,8)28(9,10)32-29/h11-18H,19-20H2,1-10H3. The molecule has 0 radical (unpaired) electrons. The van der Waals surface area contributed by atoms with E-state index in [1.807, 2.05) is 0 Å². The number of benzene rings is 2. The van der Waals surface area contributed by atoms with Gasteiger partial charge >= 0.3 is 7.12 Å². The quantitative estimate of drug-likeness (QED) is 0.454. The van der Waals surface area contributed by atoms with E-state index >= 15 is 0 Å². The summed E-state index contributed by atoms with van der Waals surface area (Å²) in [6.45, 7) is 22.8. The van der Waals surface area contributed by atoms with Crippen LogP contribution in [-0.4, -0.2) is 24.9 Å². The maximum absolute atomic E-state index is 6.26. The zero-order valence-electron chi connectivity index (χ0n) is 21.9. The monoisotopic (exact) mass is 435 g/mol. The van der Waals surface area contributed by atoms with E-state index in [0.29, 0.717) is 0 Å². The molecule has 4 heteroatoms. The van der Waals surface area contributed by atoms with Gasteiger partial charge in [0.1, 0.15) is 0 Å². The van der Waals surface area contributed by atoms with Crippen molar-refractivity contribution in [3.63, 3.8) is 0 Å². The number of hydrogen-bond donors (Lipinski definition) is 0. The summed E-state index contributed by atoms with van der Waals surface area (Å²) < 4.78 is 12.5. The minimum Gasteiger partial charge on any atom is -0.403 e. The molecule has 0 aromatic heterocycles. The van der Waals surface area contributed by atoms with Crippen LogP contribution < -0.4 is 4.90 Å². The molecule has 2 aromatic carbocycles. The molecule has 1 aliphatic heterocycles. The molecular weight excluding hydrogens is 393 g/mol. The van der Waals surface area contributed by atoms with Crippen molar-refractivity contribution in [1.29, 1.82) is 0 Å². The fourth-order valence-corrected chi connectivity index (χ4v) is 4.01. The molecule has 0 spiro atoms. The molecule has 174 valence electrons. The second-order valence-corrected chi connectivity index (χ2v) is 12.2. The highest BCUT2D eigenvalue weighted by Gasteiger charge is 2.50. The minimum atomic E-state index is -0.300. The van der Waals surface area contributed by atoms with Crippen LogP contribution in [0.5, 0.6) is 0 Å². The topological polar surface area (TPSA) is 21.7 Å². The fourth-order valence-electron chi connectivity index (χ4n) is 4.01. The summed E-state index contributed by atoms with van der Waals surface area (Å²) in [6.07, 6.45) is 0.801. The van der Waals surface area contributed by atoms with Crippen molar-refractivity contribution in [2.24, 2.45) is 0 Å². The van der Waals surface area contributed by atoms with E-state index in [-0.39, 0.29) is 29.2 Å². The Hall–Kier alpha value is -1.78. The van der Waals surface area contributed by atoms with Crippen molar-refractivity contribution in [1.82, 2.24) is 0 Å². The molecule has 1 saturated heterocycles. The Kier molecular flexibility index (Phi) is 6.63. The molecule has 3 rings (SSSR count). The zero-order valence-corrected chi connectivity index (χ0v) is 21.9. The van der Waals surface area contributed by atoms with Gasteiger partial charge in [-0.05, 0) is 73.9 Å². The van der Waals surface area contributed by atoms with Crippen LogP contribution in [0.15, 0.2) is 48.5 Å². The second-order valence-electron chi connectivity index (χ2n) is 12.2. The first kappa shape index (κ1) is 24.9. The fraction of sp³-hybridized carbons (Fsp3) is 0.571. The van der Waals surface area contributed by atoms with Gasteiger partial charge in [-0.15, -0.1) is 0 Å². The van der Waals surface area contributed by atoms with Crippen LogP contribution in [0.3, 0.4) is 0 Å². The number of anilines is 2. The largest absolute Gasteiger partial charge is 0.459 e. The van der Waals surface area contributed by atoms with Crippen molar-refractivity contribution >= 4 is 18.5 Å². The smallest absolute Gasteiger partial charge is 0.403 e. The molecule has 0 aliphatic carbocycles. The molecule has 0 N–H and O–H groups in total. The van der Waals surface area contributed by atoms with E-state index in [4.69, 9.17) is 9.31 Å². The van der Waals surface area contributed by atoms with Gasteiger partial charge in [0.25, 0.3) is 0 Å². The summed E-state index contributed by atoms with van der Waals surface area (Å²) in [5, 5.41) is 0. The predicted molar refractivity (Wildman–Crippen MR) is 138 cm³/mol. The lowest BCUT2D eigenvalue weighted by Gasteiger charge is -2.32. The molecule has 1 aliphatic rings. The van der Waals surface area contributed by atoms with E-state index in [9.17, 15) is 0 Å². The maximum Gasteiger partial charge on any atom is 0.459 e. The molecule has 0 saturated carbocycles. The van der Waals surface area contributed by atoms with Crippen LogP contribution in [0, 0.1) is 0 Å². The molecule has 0 atom stereocenters. The van der Waals surface area contributed by atoms with Gasteiger partial charge in [0, 0.05) is 24.2 Å². The highest BCUT2D eigenvalue weighted by Crippen LogP contribution is 2.38. The lowest BCUT2D eigenvalue weighted by molar-refractivity contribution is 0.00578. The summed E-state index contributed by atoms with van der Waals surface area (Å²) in [4.78, 5) is 2.38. The van der Waals surface area contributed by atoms with Crippen molar-refractivity contribution in [2.75, 3.05) is 11.4 Å². The Labute approximate surface area is 196 Å². The Balaban J connectivity index is 1.86. The second kappa shape index (κ2) is 8.54. The number of hydrogen-bond acceptors (Lipinski definition) is 3. The van der Waals surface area contributed by atoms with Gasteiger partial charge in [-0.25, -0.2) is 0 Å². The van der Waals surface area contributed by atoms with E-state index in [0.717, 1.165) is 12.9 Å². The Bertz CT molecular complexity index is 829. The van der Waals surface area contributed by atoms with Crippen molar-refractivity contribution in [3.8, 4) is 0 Å². The summed E-state index contributed by atoms with van der Waals surface area (Å²) >= 11 is 0. The van der Waals surface area contributed by atoms with Crippen molar-refractivity contribution < 1.29 is 9.31 Å². The van der Waals surface area contributed by atoms with E-state index in [1.54, 1.807) is 0 Å². The highest BCUT2D eigenvalue weighted by molar-refractivity contribution is 6.45. The van der Waals surface area contributed by atoms with Gasteiger partial charge in [0.05, 0.1) is 11.2 Å². The zero-order chi connectivity index (χ0) is 23.9. The molecule has 32 heavy (non-hydrogen) atoms. The van der Waals surface area contributed by atoms with Gasteiger partial charge in [-0.3, -0.25) is 0 Å². The summed E-state index contributed by atoms with van der Waals surface area (Å²) in [7, 11) is -0.204. The van der Waals surface area contributed by atoms with Gasteiger partial charge in [-0.1, -0.05) is 65.8 Å². The Morgan fingerprint density at radius 2 is 1.00 bits per heavy atom. The maximum atomic E-state index is 6.26. The third-order valence-corrected chi connectivity index (χ3v) is 6.98. The minimum absolute atomic E-state index is 0.139. The van der Waals surface area contributed by atoms with Crippen LogP contribution in [0.2, 0.25) is 6.32 Å². The first-order valence-corrected chi connectivity index (χ1v) is 11.9. The van der Waals surface area contributed by atoms with Crippen LogP contribution >= 0.6 is 0 Å². The van der Waals surface area contributed by atoms with Crippen LogP contribution in [0.25, 0.3) is 0 Å². The van der Waals surface area contributed by atoms with Crippen molar-refractivity contribution in [2.45, 2.75) is 97.6 Å². The number of rotatable bonds is 5. The summed E-state index contributed by atoms with van der Waals surface area (Å²) in [5.41, 5.74) is 4.75. The first-order chi connectivity index (χ1) is 14.6. The Morgan fingerprint density at radius 3 is 1.31 bits per heavy atom. The molecule has 0 unspecified atom stereocenters. The van der Waals surface area contributed by atoms with Gasteiger partial charge < -0.3 is 14.2 Å². The first-order valence-electron chi connectivity index (χ1n) is 11.9. The van der Waals surface area contributed by atoms with Crippen LogP contribution in [-0.2, 0) is 20.1 Å². The van der Waals surface area contributed by atoms with Crippen LogP contribution in [0.4, 0.5) is 11.4 Å². The van der Waals surface area contributed by atoms with E-state index in [1.165, 1.54) is 22.5 Å². The third-order valence-electron chi connectivity index (χ3n) is 6.98. The molecule has 0 bridgehead atoms. The number of nitrogens with zero attached hydrogens (tertiary/aromatic N) is 1. The molecule has 2 aromatic rings. The molecule has 0 amide bonds. The lowest BCUT2D eigenvalue weighted by atomic mass is 9.84. The van der Waals surface area contributed by atoms with E-state index < -0.39 is 0 Å². The molecule has 1 fully saturated rings. The lowest BCUT2D eigenvalue weighted by Crippen LogP contribution is -2.41. The SMILES string of the molecule is CC(C)(C)c1ccc(N(CCB2OC(C)(C)C(C)(C)O2)c2ccc(C(C)(C)C)cc2)cc1. The normalized spacial score (nSPS) is 18.1. The average Bonchev–Trinajstić information content (AvgIpc) is 2.88. The van der Waals surface area contributed by atoms with Gasteiger partial charge in [0.2, 0.25) is 0 Å².